The van der Waals surface area contributed by atoms with Crippen molar-refractivity contribution in [2.24, 2.45) is 0 Å². The molecule has 0 radical (unpaired) electrons. The maximum Gasteiger partial charge on any atom is 0.131 e. The highest BCUT2D eigenvalue weighted by atomic mass is 15.3. The highest BCUT2D eigenvalue weighted by Crippen LogP contribution is 2.22. The first kappa shape index (κ1) is 13.1. The van der Waals surface area contributed by atoms with E-state index in [1.165, 1.54) is 11.1 Å². The summed E-state index contributed by atoms with van der Waals surface area (Å²) in [6, 6.07) is 2.23. The second-order valence-electron chi connectivity index (χ2n) is 5.22. The van der Waals surface area contributed by atoms with Gasteiger partial charge in [0.1, 0.15) is 11.6 Å². The first-order valence-electron chi connectivity index (χ1n) is 7.19. The zero-order valence-corrected chi connectivity index (χ0v) is 12.1. The molecule has 5 nitrogen and oxygen atoms in total. The molecule has 1 N–H and O–H groups in total. The second kappa shape index (κ2) is 5.63. The third-order valence-electron chi connectivity index (χ3n) is 3.73. The van der Waals surface area contributed by atoms with Gasteiger partial charge in [0.2, 0.25) is 0 Å². The summed E-state index contributed by atoms with van der Waals surface area (Å²) in [6.45, 7) is 8.93. The molecule has 106 valence electrons. The monoisotopic (exact) mass is 271 g/mol. The number of nitrogens with zero attached hydrogens (tertiary/aromatic N) is 4. The Kier molecular flexibility index (Phi) is 3.69. The number of hydrogen-bond acceptors (Lipinski definition) is 4. The van der Waals surface area contributed by atoms with E-state index in [0.717, 1.165) is 44.4 Å². The average molecular weight is 271 g/mol. The van der Waals surface area contributed by atoms with Gasteiger partial charge in [-0.25, -0.2) is 9.97 Å². The van der Waals surface area contributed by atoms with Crippen LogP contribution in [0.15, 0.2) is 24.7 Å². The highest BCUT2D eigenvalue weighted by Gasteiger charge is 2.19. The second-order valence-corrected chi connectivity index (χ2v) is 5.22. The van der Waals surface area contributed by atoms with Gasteiger partial charge >= 0.3 is 0 Å². The lowest BCUT2D eigenvalue weighted by Crippen LogP contribution is -2.34. The molecule has 3 rings (SSSR count). The minimum absolute atomic E-state index is 0.841. The van der Waals surface area contributed by atoms with Gasteiger partial charge in [-0.15, -0.1) is 0 Å². The number of anilines is 1. The van der Waals surface area contributed by atoms with Crippen molar-refractivity contribution in [1.29, 1.82) is 0 Å². The Morgan fingerprint density at radius 1 is 1.30 bits per heavy atom. The van der Waals surface area contributed by atoms with Crippen LogP contribution >= 0.6 is 0 Å². The largest absolute Gasteiger partial charge is 0.347 e. The van der Waals surface area contributed by atoms with Gasteiger partial charge in [0.15, 0.2) is 0 Å². The summed E-state index contributed by atoms with van der Waals surface area (Å²) in [6.07, 6.45) is 5.90. The molecular formula is C15H21N5. The van der Waals surface area contributed by atoms with Crippen molar-refractivity contribution in [3.63, 3.8) is 0 Å². The topological polar surface area (TPSA) is 46.0 Å². The Labute approximate surface area is 119 Å². The van der Waals surface area contributed by atoms with Crippen LogP contribution in [0.25, 0.3) is 0 Å². The van der Waals surface area contributed by atoms with Gasteiger partial charge in [-0.05, 0) is 30.7 Å². The first-order valence-corrected chi connectivity index (χ1v) is 7.19. The molecule has 0 amide bonds. The van der Waals surface area contributed by atoms with E-state index in [-0.39, 0.29) is 0 Å². The normalized spacial score (nSPS) is 14.4. The molecule has 0 aromatic carbocycles. The van der Waals surface area contributed by atoms with E-state index in [1.807, 2.05) is 18.6 Å². The van der Waals surface area contributed by atoms with Crippen molar-refractivity contribution in [2.45, 2.75) is 33.5 Å². The van der Waals surface area contributed by atoms with E-state index in [9.17, 15) is 0 Å². The Balaban J connectivity index is 1.78. The maximum absolute atomic E-state index is 4.66. The molecule has 0 atom stereocenters. The molecule has 0 bridgehead atoms. The highest BCUT2D eigenvalue weighted by molar-refractivity contribution is 5.47. The van der Waals surface area contributed by atoms with Gasteiger partial charge in [-0.1, -0.05) is 6.92 Å². The van der Waals surface area contributed by atoms with Gasteiger partial charge < -0.3 is 14.8 Å². The lowest BCUT2D eigenvalue weighted by atomic mass is 10.2. The summed E-state index contributed by atoms with van der Waals surface area (Å²) in [7, 11) is 0. The first-order chi connectivity index (χ1) is 9.78. The molecule has 3 heterocycles. The van der Waals surface area contributed by atoms with E-state index in [1.54, 1.807) is 0 Å². The summed E-state index contributed by atoms with van der Waals surface area (Å²) in [5.41, 5.74) is 2.48. The van der Waals surface area contributed by atoms with Crippen molar-refractivity contribution in [3.8, 4) is 0 Å². The van der Waals surface area contributed by atoms with E-state index in [2.05, 4.69) is 44.7 Å². The molecule has 0 saturated heterocycles. The third-order valence-corrected chi connectivity index (χ3v) is 3.73. The van der Waals surface area contributed by atoms with Crippen LogP contribution in [0.4, 0.5) is 5.82 Å². The minimum atomic E-state index is 0.841. The minimum Gasteiger partial charge on any atom is -0.347 e. The fourth-order valence-corrected chi connectivity index (χ4v) is 2.68. The van der Waals surface area contributed by atoms with E-state index in [4.69, 9.17) is 0 Å². The van der Waals surface area contributed by atoms with Crippen LogP contribution in [-0.4, -0.2) is 27.6 Å². The fourth-order valence-electron chi connectivity index (χ4n) is 2.68. The fraction of sp³-hybridized carbons (Fsp3) is 0.467. The number of imidazole rings is 1. The Hall–Kier alpha value is -1.88. The van der Waals surface area contributed by atoms with Gasteiger partial charge in [-0.2, -0.15) is 0 Å². The number of pyridine rings is 1. The molecule has 2 aromatic rings. The van der Waals surface area contributed by atoms with E-state index < -0.39 is 0 Å². The zero-order valence-electron chi connectivity index (χ0n) is 12.1. The van der Waals surface area contributed by atoms with Crippen LogP contribution in [0, 0.1) is 6.92 Å². The molecule has 2 aromatic heterocycles. The zero-order chi connectivity index (χ0) is 13.9. The van der Waals surface area contributed by atoms with Crippen LogP contribution in [0.2, 0.25) is 0 Å². The van der Waals surface area contributed by atoms with Crippen molar-refractivity contribution in [3.05, 3.63) is 41.6 Å². The molecule has 0 saturated carbocycles. The number of hydrogen-bond donors (Lipinski definition) is 1. The van der Waals surface area contributed by atoms with Crippen molar-refractivity contribution >= 4 is 5.82 Å². The average Bonchev–Trinajstić information content (AvgIpc) is 2.92. The summed E-state index contributed by atoms with van der Waals surface area (Å²) >= 11 is 0. The van der Waals surface area contributed by atoms with Gasteiger partial charge in [0, 0.05) is 38.2 Å². The quantitative estimate of drug-likeness (QED) is 0.919. The molecule has 0 unspecified atom stereocenters. The lowest BCUT2D eigenvalue weighted by molar-refractivity contribution is 0.555. The van der Waals surface area contributed by atoms with E-state index >= 15 is 0 Å². The summed E-state index contributed by atoms with van der Waals surface area (Å²) in [5, 5.41) is 3.33. The molecule has 20 heavy (non-hydrogen) atoms. The molecular weight excluding hydrogens is 250 g/mol. The SMILES string of the molecule is CCNCc1cnc(N2CCn3ccnc3C2)c(C)c1. The maximum atomic E-state index is 4.66. The molecule has 1 aliphatic rings. The number of rotatable bonds is 4. The Morgan fingerprint density at radius 3 is 3.00 bits per heavy atom. The van der Waals surface area contributed by atoms with Crippen LogP contribution < -0.4 is 10.2 Å². The summed E-state index contributed by atoms with van der Waals surface area (Å²) in [4.78, 5) is 11.4. The number of fused-ring (bicyclic) bond motifs is 1. The lowest BCUT2D eigenvalue weighted by Gasteiger charge is -2.29. The number of aryl methyl sites for hydroxylation is 1. The predicted molar refractivity (Wildman–Crippen MR) is 79.6 cm³/mol. The predicted octanol–water partition coefficient (Wildman–Crippen LogP) is 1.72. The van der Waals surface area contributed by atoms with Crippen LogP contribution in [-0.2, 0) is 19.6 Å². The van der Waals surface area contributed by atoms with Crippen molar-refractivity contribution in [2.75, 3.05) is 18.0 Å². The Bertz CT molecular complexity index is 590. The standard InChI is InChI=1S/C15H21N5/c1-3-16-9-13-8-12(2)15(18-10-13)20-7-6-19-5-4-17-14(19)11-20/h4-5,8,10,16H,3,6-7,9,11H2,1-2H3. The molecule has 0 fully saturated rings. The number of nitrogens with one attached hydrogen (secondary N) is 1. The summed E-state index contributed by atoms with van der Waals surface area (Å²) in [5.74, 6) is 2.20. The molecule has 1 aliphatic heterocycles. The Morgan fingerprint density at radius 2 is 2.20 bits per heavy atom. The summed E-state index contributed by atoms with van der Waals surface area (Å²) < 4.78 is 2.21. The van der Waals surface area contributed by atoms with Crippen molar-refractivity contribution in [1.82, 2.24) is 19.9 Å². The molecule has 0 spiro atoms. The van der Waals surface area contributed by atoms with Crippen molar-refractivity contribution < 1.29 is 0 Å². The third kappa shape index (κ3) is 2.54. The van der Waals surface area contributed by atoms with Gasteiger partial charge in [-0.3, -0.25) is 0 Å². The molecule has 5 heteroatoms. The van der Waals surface area contributed by atoms with Crippen LogP contribution in [0.1, 0.15) is 23.9 Å². The van der Waals surface area contributed by atoms with Gasteiger partial charge in [0.05, 0.1) is 6.54 Å². The van der Waals surface area contributed by atoms with E-state index in [0.29, 0.717) is 0 Å². The van der Waals surface area contributed by atoms with Gasteiger partial charge in [0.25, 0.3) is 0 Å². The molecule has 0 aliphatic carbocycles. The van der Waals surface area contributed by atoms with Crippen LogP contribution in [0.5, 0.6) is 0 Å². The van der Waals surface area contributed by atoms with Crippen LogP contribution in [0.3, 0.4) is 0 Å². The smallest absolute Gasteiger partial charge is 0.131 e. The number of aromatic nitrogens is 3.